The van der Waals surface area contributed by atoms with Crippen LogP contribution < -0.4 is 11.0 Å². The van der Waals surface area contributed by atoms with Crippen molar-refractivity contribution in [2.24, 2.45) is 0 Å². The van der Waals surface area contributed by atoms with E-state index in [1.165, 1.54) is 17.4 Å². The number of aromatic nitrogens is 2. The standard InChI is InChI=1S/C13H10BrN3O3S2/c1-5-6(2)22-11-9(5)12(19)17(13(21)15-11)16-10(18)7-3-4-8(14)20-7/h3-4H,1-2H3,(H,15,21)(H,16,18). The van der Waals surface area contributed by atoms with Crippen LogP contribution in [0.4, 0.5) is 0 Å². The van der Waals surface area contributed by atoms with Gasteiger partial charge in [0, 0.05) is 4.88 Å². The fraction of sp³-hybridized carbons (Fsp3) is 0.154. The Morgan fingerprint density at radius 1 is 1.45 bits per heavy atom. The SMILES string of the molecule is Cc1sc2[nH]c(=S)n(NC(=O)c3ccc(Br)o3)c(=O)c2c1C. The van der Waals surface area contributed by atoms with E-state index < -0.39 is 5.91 Å². The molecule has 0 saturated carbocycles. The van der Waals surface area contributed by atoms with Crippen LogP contribution in [-0.2, 0) is 0 Å². The lowest BCUT2D eigenvalue weighted by Gasteiger charge is -2.07. The number of carbonyl (C=O) groups is 1. The van der Waals surface area contributed by atoms with Crippen molar-refractivity contribution in [3.8, 4) is 0 Å². The van der Waals surface area contributed by atoms with Gasteiger partial charge in [0.05, 0.1) is 5.39 Å². The summed E-state index contributed by atoms with van der Waals surface area (Å²) < 4.78 is 6.73. The number of thiophene rings is 1. The molecule has 22 heavy (non-hydrogen) atoms. The van der Waals surface area contributed by atoms with Crippen molar-refractivity contribution in [3.05, 3.63) is 48.1 Å². The summed E-state index contributed by atoms with van der Waals surface area (Å²) in [5.74, 6) is -0.484. The lowest BCUT2D eigenvalue weighted by atomic mass is 10.2. The van der Waals surface area contributed by atoms with Gasteiger partial charge in [-0.25, -0.2) is 0 Å². The van der Waals surface area contributed by atoms with Crippen molar-refractivity contribution in [1.82, 2.24) is 9.66 Å². The Hall–Kier alpha value is -1.71. The van der Waals surface area contributed by atoms with Crippen molar-refractivity contribution in [2.45, 2.75) is 13.8 Å². The first-order chi connectivity index (χ1) is 10.4. The first-order valence-electron chi connectivity index (χ1n) is 6.20. The van der Waals surface area contributed by atoms with Crippen molar-refractivity contribution >= 4 is 55.6 Å². The van der Waals surface area contributed by atoms with Gasteiger partial charge in [-0.15, -0.1) is 11.3 Å². The van der Waals surface area contributed by atoms with Crippen molar-refractivity contribution in [1.29, 1.82) is 0 Å². The van der Waals surface area contributed by atoms with Crippen molar-refractivity contribution in [3.63, 3.8) is 0 Å². The van der Waals surface area contributed by atoms with Gasteiger partial charge < -0.3 is 9.40 Å². The Bertz CT molecular complexity index is 1010. The largest absolute Gasteiger partial charge is 0.444 e. The zero-order chi connectivity index (χ0) is 16.0. The summed E-state index contributed by atoms with van der Waals surface area (Å²) in [6.07, 6.45) is 0. The zero-order valence-electron chi connectivity index (χ0n) is 11.5. The highest BCUT2D eigenvalue weighted by molar-refractivity contribution is 9.10. The molecule has 0 unspecified atom stereocenters. The van der Waals surface area contributed by atoms with E-state index in [0.717, 1.165) is 15.1 Å². The number of fused-ring (bicyclic) bond motifs is 1. The van der Waals surface area contributed by atoms with E-state index in [2.05, 4.69) is 26.3 Å². The number of rotatable bonds is 2. The molecule has 0 atom stereocenters. The first-order valence-corrected chi connectivity index (χ1v) is 8.22. The lowest BCUT2D eigenvalue weighted by Crippen LogP contribution is -2.34. The van der Waals surface area contributed by atoms with Crippen LogP contribution in [0.5, 0.6) is 0 Å². The molecule has 0 radical (unpaired) electrons. The number of amides is 1. The number of H-pyrrole nitrogens is 1. The molecule has 1 amide bonds. The third-order valence-electron chi connectivity index (χ3n) is 3.24. The fourth-order valence-electron chi connectivity index (χ4n) is 2.02. The number of nitrogens with one attached hydrogen (secondary N) is 2. The predicted molar refractivity (Wildman–Crippen MR) is 90.8 cm³/mol. The summed E-state index contributed by atoms with van der Waals surface area (Å²) in [5.41, 5.74) is 2.97. The Kier molecular flexibility index (Phi) is 3.79. The number of halogens is 1. The van der Waals surface area contributed by atoms with E-state index in [9.17, 15) is 9.59 Å². The normalized spacial score (nSPS) is 11.0. The van der Waals surface area contributed by atoms with E-state index in [0.29, 0.717) is 14.9 Å². The maximum atomic E-state index is 12.6. The highest BCUT2D eigenvalue weighted by Crippen LogP contribution is 2.25. The Labute approximate surface area is 141 Å². The molecule has 0 aromatic carbocycles. The molecule has 0 fully saturated rings. The average Bonchev–Trinajstić information content (AvgIpc) is 2.99. The maximum Gasteiger partial charge on any atom is 0.305 e. The third kappa shape index (κ3) is 2.44. The third-order valence-corrected chi connectivity index (χ3v) is 5.07. The van der Waals surface area contributed by atoms with Crippen LogP contribution in [0.25, 0.3) is 10.2 Å². The smallest absolute Gasteiger partial charge is 0.305 e. The molecule has 0 spiro atoms. The summed E-state index contributed by atoms with van der Waals surface area (Å²) in [5, 5.41) is 0.525. The number of nitrogens with zero attached hydrogens (tertiary/aromatic N) is 1. The average molecular weight is 400 g/mol. The molecule has 0 bridgehead atoms. The van der Waals surface area contributed by atoms with Gasteiger partial charge >= 0.3 is 5.91 Å². The molecule has 3 heterocycles. The fourth-order valence-corrected chi connectivity index (χ4v) is 3.68. The quantitative estimate of drug-likeness (QED) is 0.646. The van der Waals surface area contributed by atoms with Crippen LogP contribution in [0.2, 0.25) is 0 Å². The molecular weight excluding hydrogens is 390 g/mol. The molecule has 2 N–H and O–H groups in total. The second-order valence-corrected chi connectivity index (χ2v) is 7.00. The molecule has 114 valence electrons. The van der Waals surface area contributed by atoms with Gasteiger partial charge in [-0.3, -0.25) is 15.0 Å². The molecule has 3 aromatic rings. The monoisotopic (exact) mass is 399 g/mol. The Morgan fingerprint density at radius 3 is 2.82 bits per heavy atom. The van der Waals surface area contributed by atoms with Gasteiger partial charge in [-0.05, 0) is 59.7 Å². The van der Waals surface area contributed by atoms with E-state index in [-0.39, 0.29) is 16.1 Å². The highest BCUT2D eigenvalue weighted by atomic mass is 79.9. The number of aryl methyl sites for hydroxylation is 2. The lowest BCUT2D eigenvalue weighted by molar-refractivity contribution is 0.0979. The van der Waals surface area contributed by atoms with Crippen LogP contribution in [0.3, 0.4) is 0 Å². The Balaban J connectivity index is 2.11. The summed E-state index contributed by atoms with van der Waals surface area (Å²) in [7, 11) is 0. The van der Waals surface area contributed by atoms with E-state index in [1.807, 2.05) is 13.8 Å². The van der Waals surface area contributed by atoms with Gasteiger partial charge in [0.2, 0.25) is 4.77 Å². The summed E-state index contributed by atoms with van der Waals surface area (Å²) in [4.78, 5) is 29.4. The Morgan fingerprint density at radius 2 is 2.18 bits per heavy atom. The van der Waals surface area contributed by atoms with Gasteiger partial charge in [0.15, 0.2) is 10.4 Å². The maximum absolute atomic E-state index is 12.6. The predicted octanol–water partition coefficient (Wildman–Crippen LogP) is 3.48. The number of hydrogen-bond donors (Lipinski definition) is 2. The van der Waals surface area contributed by atoms with E-state index in [1.54, 1.807) is 6.07 Å². The second-order valence-electron chi connectivity index (χ2n) is 4.60. The van der Waals surface area contributed by atoms with Crippen LogP contribution in [0, 0.1) is 18.6 Å². The molecule has 3 aromatic heterocycles. The van der Waals surface area contributed by atoms with Crippen LogP contribution in [-0.4, -0.2) is 15.6 Å². The van der Waals surface area contributed by atoms with Crippen LogP contribution >= 0.6 is 39.5 Å². The molecule has 0 aliphatic rings. The molecule has 0 aliphatic carbocycles. The molecule has 3 rings (SSSR count). The molecule has 6 nitrogen and oxygen atoms in total. The minimum atomic E-state index is -0.559. The van der Waals surface area contributed by atoms with Gasteiger partial charge in [0.1, 0.15) is 4.83 Å². The van der Waals surface area contributed by atoms with Gasteiger partial charge in [-0.2, -0.15) is 4.68 Å². The van der Waals surface area contributed by atoms with Crippen LogP contribution in [0.15, 0.2) is 26.0 Å². The van der Waals surface area contributed by atoms with E-state index in [4.69, 9.17) is 16.6 Å². The number of furan rings is 1. The number of aromatic amines is 1. The summed E-state index contributed by atoms with van der Waals surface area (Å²) in [6.45, 7) is 3.79. The molecule has 9 heteroatoms. The van der Waals surface area contributed by atoms with Crippen LogP contribution in [0.1, 0.15) is 21.0 Å². The van der Waals surface area contributed by atoms with E-state index >= 15 is 0 Å². The van der Waals surface area contributed by atoms with Crippen molar-refractivity contribution in [2.75, 3.05) is 5.43 Å². The van der Waals surface area contributed by atoms with Gasteiger partial charge in [-0.1, -0.05) is 0 Å². The topological polar surface area (TPSA) is 80.0 Å². The number of hydrogen-bond acceptors (Lipinski definition) is 5. The molecular formula is C13H10BrN3O3S2. The van der Waals surface area contributed by atoms with Gasteiger partial charge in [0.25, 0.3) is 5.56 Å². The minimum Gasteiger partial charge on any atom is -0.444 e. The minimum absolute atomic E-state index is 0.0755. The second kappa shape index (κ2) is 5.49. The first kappa shape index (κ1) is 15.2. The van der Waals surface area contributed by atoms with Crippen molar-refractivity contribution < 1.29 is 9.21 Å². The summed E-state index contributed by atoms with van der Waals surface area (Å²) >= 11 is 9.73. The molecule has 0 saturated heterocycles. The number of carbonyl (C=O) groups excluding carboxylic acids is 1. The zero-order valence-corrected chi connectivity index (χ0v) is 14.7. The highest BCUT2D eigenvalue weighted by Gasteiger charge is 2.16. The summed E-state index contributed by atoms with van der Waals surface area (Å²) in [6, 6.07) is 3.09. The molecule has 0 aliphatic heterocycles.